The molecule has 0 N–H and O–H groups in total. The lowest BCUT2D eigenvalue weighted by molar-refractivity contribution is 0.412. The van der Waals surface area contributed by atoms with Gasteiger partial charge in [-0.3, -0.25) is 0 Å². The number of hydrogen-bond donors (Lipinski definition) is 0. The molecule has 2 atom stereocenters. The van der Waals surface area contributed by atoms with Crippen molar-refractivity contribution in [3.8, 4) is 5.75 Å². The zero-order chi connectivity index (χ0) is 19.8. The number of allylic oxidation sites excluding steroid dienone is 2. The number of hydrogen-bond acceptors (Lipinski definition) is 1. The third-order valence-electron chi connectivity index (χ3n) is 8.44. The second kappa shape index (κ2) is 8.74. The van der Waals surface area contributed by atoms with Crippen molar-refractivity contribution in [3.63, 3.8) is 0 Å². The zero-order valence-corrected chi connectivity index (χ0v) is 19.5. The van der Waals surface area contributed by atoms with E-state index in [1.807, 2.05) is 12.4 Å². The molecule has 158 valence electrons. The van der Waals surface area contributed by atoms with Crippen LogP contribution in [0, 0.1) is 18.8 Å². The Kier molecular flexibility index (Phi) is 6.06. The van der Waals surface area contributed by atoms with E-state index in [9.17, 15) is 0 Å². The molecule has 0 radical (unpaired) electrons. The number of rotatable bonds is 5. The molecule has 4 aliphatic rings. The van der Waals surface area contributed by atoms with Gasteiger partial charge in [-0.2, -0.15) is 0 Å². The van der Waals surface area contributed by atoms with Crippen LogP contribution in [-0.4, -0.2) is 18.4 Å². The summed E-state index contributed by atoms with van der Waals surface area (Å²) >= 11 is 0. The van der Waals surface area contributed by atoms with Crippen LogP contribution >= 0.6 is 7.92 Å². The van der Waals surface area contributed by atoms with Crippen molar-refractivity contribution < 1.29 is 4.74 Å². The highest BCUT2D eigenvalue weighted by atomic mass is 31.1. The molecule has 3 fully saturated rings. The molecule has 2 bridgehead atoms. The predicted octanol–water partition coefficient (Wildman–Crippen LogP) is 8.29. The van der Waals surface area contributed by atoms with Gasteiger partial charge in [-0.15, -0.1) is 0 Å². The molecule has 1 nitrogen and oxygen atoms in total. The summed E-state index contributed by atoms with van der Waals surface area (Å²) in [4.78, 5) is 0. The summed E-state index contributed by atoms with van der Waals surface area (Å²) < 4.78 is 5.94. The Morgan fingerprint density at radius 2 is 1.41 bits per heavy atom. The summed E-state index contributed by atoms with van der Waals surface area (Å²) in [6, 6.07) is 6.70. The van der Waals surface area contributed by atoms with Crippen molar-refractivity contribution in [2.45, 2.75) is 102 Å². The highest BCUT2D eigenvalue weighted by Crippen LogP contribution is 2.71. The minimum Gasteiger partial charge on any atom is -0.496 e. The first-order valence-electron chi connectivity index (χ1n) is 12.4. The van der Waals surface area contributed by atoms with E-state index in [1.54, 1.807) is 5.57 Å². The van der Waals surface area contributed by atoms with Crippen LogP contribution < -0.4 is 4.74 Å². The first-order valence-corrected chi connectivity index (χ1v) is 13.9. The third kappa shape index (κ3) is 3.71. The summed E-state index contributed by atoms with van der Waals surface area (Å²) in [6.45, 7) is 2.32. The van der Waals surface area contributed by atoms with Crippen LogP contribution in [0.4, 0.5) is 0 Å². The summed E-state index contributed by atoms with van der Waals surface area (Å²) in [7, 11) is 1.89. The van der Waals surface area contributed by atoms with Crippen LogP contribution in [0.5, 0.6) is 5.75 Å². The van der Waals surface area contributed by atoms with Gasteiger partial charge < -0.3 is 4.74 Å². The van der Waals surface area contributed by atoms with Crippen molar-refractivity contribution >= 4 is 13.5 Å². The fourth-order valence-electron chi connectivity index (χ4n) is 7.17. The number of ether oxygens (including phenoxy) is 1. The number of fused-ring (bicyclic) bond motifs is 2. The molecular weight excluding hydrogens is 371 g/mol. The Morgan fingerprint density at radius 1 is 0.793 bits per heavy atom. The average molecular weight is 411 g/mol. The lowest BCUT2D eigenvalue weighted by Crippen LogP contribution is -2.23. The van der Waals surface area contributed by atoms with Crippen molar-refractivity contribution in [1.29, 1.82) is 0 Å². The predicted molar refractivity (Wildman–Crippen MR) is 126 cm³/mol. The van der Waals surface area contributed by atoms with Crippen LogP contribution in [0.25, 0.3) is 5.57 Å². The van der Waals surface area contributed by atoms with Gasteiger partial charge in [-0.05, 0) is 97.5 Å². The second-order valence-corrected chi connectivity index (χ2v) is 12.9. The van der Waals surface area contributed by atoms with Crippen LogP contribution in [0.15, 0.2) is 23.5 Å². The summed E-state index contributed by atoms with van der Waals surface area (Å²) in [6.07, 6.45) is 19.3. The monoisotopic (exact) mass is 410 g/mol. The number of aryl methyl sites for hydroxylation is 1. The molecule has 0 spiro atoms. The SMILES string of the molecule is COc1cccc(C)c1C1=C(P(C2CCCCC2)C2CCCCC2)C2CCC1C2. The van der Waals surface area contributed by atoms with E-state index in [4.69, 9.17) is 4.74 Å². The maximum Gasteiger partial charge on any atom is 0.126 e. The zero-order valence-electron chi connectivity index (χ0n) is 18.6. The standard InChI is InChI=1S/C27H39OP/c1-19-10-9-15-24(28-2)25(19)26-20-16-17-21(18-20)27(26)29(22-11-5-3-6-12-22)23-13-7-4-8-14-23/h9-10,15,20-23H,3-8,11-14,16-18H2,1-2H3. The minimum atomic E-state index is 0.0185. The highest BCUT2D eigenvalue weighted by Gasteiger charge is 2.46. The molecule has 1 aromatic carbocycles. The molecule has 0 heterocycles. The van der Waals surface area contributed by atoms with Crippen LogP contribution in [-0.2, 0) is 0 Å². The smallest absolute Gasteiger partial charge is 0.126 e. The van der Waals surface area contributed by atoms with E-state index in [-0.39, 0.29) is 7.92 Å². The van der Waals surface area contributed by atoms with E-state index >= 15 is 0 Å². The molecule has 2 unspecified atom stereocenters. The first kappa shape index (κ1) is 20.1. The maximum absolute atomic E-state index is 5.94. The largest absolute Gasteiger partial charge is 0.496 e. The number of benzene rings is 1. The molecule has 4 aliphatic carbocycles. The fraction of sp³-hybridized carbons (Fsp3) is 0.704. The highest BCUT2D eigenvalue weighted by molar-refractivity contribution is 7.63. The Morgan fingerprint density at radius 3 is 2.03 bits per heavy atom. The van der Waals surface area contributed by atoms with Crippen molar-refractivity contribution in [2.24, 2.45) is 11.8 Å². The van der Waals surface area contributed by atoms with Gasteiger partial charge in [-0.25, -0.2) is 0 Å². The van der Waals surface area contributed by atoms with Gasteiger partial charge >= 0.3 is 0 Å². The summed E-state index contributed by atoms with van der Waals surface area (Å²) in [5.41, 5.74) is 6.75. The lowest BCUT2D eigenvalue weighted by Gasteiger charge is -2.42. The number of methoxy groups -OCH3 is 1. The van der Waals surface area contributed by atoms with Gasteiger partial charge in [0.1, 0.15) is 5.75 Å². The maximum atomic E-state index is 5.94. The Balaban J connectivity index is 1.64. The van der Waals surface area contributed by atoms with Crippen LogP contribution in [0.1, 0.15) is 94.6 Å². The van der Waals surface area contributed by atoms with E-state index in [0.717, 1.165) is 28.9 Å². The van der Waals surface area contributed by atoms with E-state index in [2.05, 4.69) is 25.1 Å². The van der Waals surface area contributed by atoms with Crippen LogP contribution in [0.3, 0.4) is 0 Å². The second-order valence-electron chi connectivity index (χ2n) is 10.1. The molecule has 0 amide bonds. The molecule has 29 heavy (non-hydrogen) atoms. The molecule has 0 saturated heterocycles. The molecule has 0 aliphatic heterocycles. The van der Waals surface area contributed by atoms with Gasteiger partial charge in [0.05, 0.1) is 7.11 Å². The topological polar surface area (TPSA) is 9.23 Å². The third-order valence-corrected chi connectivity index (χ3v) is 12.2. The molecule has 3 saturated carbocycles. The lowest BCUT2D eigenvalue weighted by atomic mass is 9.89. The fourth-order valence-corrected chi connectivity index (χ4v) is 11.6. The van der Waals surface area contributed by atoms with Gasteiger partial charge in [0.25, 0.3) is 0 Å². The Labute approximate surface area is 179 Å². The average Bonchev–Trinajstić information content (AvgIpc) is 3.38. The molecule has 2 heteroatoms. The first-order chi connectivity index (χ1) is 14.3. The molecule has 1 aromatic rings. The van der Waals surface area contributed by atoms with Gasteiger partial charge in [-0.1, -0.05) is 58.6 Å². The molecular formula is C27H39OP. The molecule has 0 aromatic heterocycles. The van der Waals surface area contributed by atoms with Gasteiger partial charge in [0.15, 0.2) is 0 Å². The van der Waals surface area contributed by atoms with E-state index in [0.29, 0.717) is 0 Å². The van der Waals surface area contributed by atoms with E-state index in [1.165, 1.54) is 94.6 Å². The van der Waals surface area contributed by atoms with Crippen molar-refractivity contribution in [2.75, 3.05) is 7.11 Å². The summed E-state index contributed by atoms with van der Waals surface area (Å²) in [5.74, 6) is 2.84. The summed E-state index contributed by atoms with van der Waals surface area (Å²) in [5, 5.41) is 2.00. The van der Waals surface area contributed by atoms with Crippen LogP contribution in [0.2, 0.25) is 0 Å². The molecule has 5 rings (SSSR count). The quantitative estimate of drug-likeness (QED) is 0.444. The van der Waals surface area contributed by atoms with Crippen molar-refractivity contribution in [1.82, 2.24) is 0 Å². The Hall–Kier alpha value is -0.810. The van der Waals surface area contributed by atoms with Crippen molar-refractivity contribution in [3.05, 3.63) is 34.6 Å². The van der Waals surface area contributed by atoms with Gasteiger partial charge in [0, 0.05) is 5.56 Å². The minimum absolute atomic E-state index is 0.0185. The van der Waals surface area contributed by atoms with E-state index < -0.39 is 0 Å². The van der Waals surface area contributed by atoms with Gasteiger partial charge in [0.2, 0.25) is 0 Å². The Bertz CT molecular complexity index is 736. The normalized spacial score (nSPS) is 28.5.